The lowest BCUT2D eigenvalue weighted by Crippen LogP contribution is -2.05. The molecule has 0 aliphatic heterocycles. The van der Waals surface area contributed by atoms with Crippen molar-refractivity contribution < 1.29 is 4.42 Å². The van der Waals surface area contributed by atoms with Crippen molar-refractivity contribution >= 4 is 32.5 Å². The maximum absolute atomic E-state index is 12.6. The lowest BCUT2D eigenvalue weighted by Gasteiger charge is -2.02. The molecule has 4 rings (SSSR count). The van der Waals surface area contributed by atoms with Gasteiger partial charge in [0.1, 0.15) is 18.2 Å². The average Bonchev–Trinajstić information content (AvgIpc) is 2.97. The summed E-state index contributed by atoms with van der Waals surface area (Å²) >= 11 is 1.52. The topological polar surface area (TPSA) is 56.0 Å². The van der Waals surface area contributed by atoms with Crippen molar-refractivity contribution in [3.8, 4) is 11.3 Å². The molecule has 0 atom stereocenters. The Labute approximate surface area is 117 Å². The van der Waals surface area contributed by atoms with Crippen molar-refractivity contribution in [2.45, 2.75) is 0 Å². The van der Waals surface area contributed by atoms with Gasteiger partial charge in [0.15, 0.2) is 0 Å². The molecule has 96 valence electrons. The van der Waals surface area contributed by atoms with Gasteiger partial charge in [-0.05, 0) is 23.6 Å². The molecule has 0 saturated heterocycles. The summed E-state index contributed by atoms with van der Waals surface area (Å²) < 4.78 is 6.45. The summed E-state index contributed by atoms with van der Waals surface area (Å²) in [5, 5.41) is 2.50. The van der Waals surface area contributed by atoms with Crippen LogP contribution < -0.4 is 5.43 Å². The SMILES string of the molecule is O=c1c(-c2ncnc3ccsc23)coc2ccccc12. The fraction of sp³-hybridized carbons (Fsp3) is 0. The Morgan fingerprint density at radius 2 is 2.00 bits per heavy atom. The summed E-state index contributed by atoms with van der Waals surface area (Å²) in [6.07, 6.45) is 2.95. The maximum atomic E-state index is 12.6. The molecule has 0 unspecified atom stereocenters. The third kappa shape index (κ3) is 1.57. The number of benzene rings is 1. The molecular weight excluding hydrogens is 272 g/mol. The predicted molar refractivity (Wildman–Crippen MR) is 78.9 cm³/mol. The molecule has 4 aromatic rings. The monoisotopic (exact) mass is 280 g/mol. The number of nitrogens with zero attached hydrogens (tertiary/aromatic N) is 2. The van der Waals surface area contributed by atoms with Crippen LogP contribution in [0.2, 0.25) is 0 Å². The van der Waals surface area contributed by atoms with Gasteiger partial charge in [-0.15, -0.1) is 11.3 Å². The molecule has 0 bridgehead atoms. The fourth-order valence-electron chi connectivity index (χ4n) is 2.22. The molecule has 0 aliphatic rings. The molecule has 0 spiro atoms. The zero-order chi connectivity index (χ0) is 13.5. The zero-order valence-electron chi connectivity index (χ0n) is 10.2. The van der Waals surface area contributed by atoms with Gasteiger partial charge in [-0.1, -0.05) is 12.1 Å². The van der Waals surface area contributed by atoms with Crippen molar-refractivity contribution in [2.75, 3.05) is 0 Å². The standard InChI is InChI=1S/C15H8N2O2S/c18-14-9-3-1-2-4-12(9)19-7-10(14)13-15-11(5-6-20-15)16-8-17-13/h1-8H. The number of fused-ring (bicyclic) bond motifs is 2. The summed E-state index contributed by atoms with van der Waals surface area (Å²) in [6.45, 7) is 0. The average molecular weight is 280 g/mol. The van der Waals surface area contributed by atoms with Crippen molar-refractivity contribution in [2.24, 2.45) is 0 Å². The van der Waals surface area contributed by atoms with Crippen LogP contribution in [0.1, 0.15) is 0 Å². The first kappa shape index (κ1) is 11.3. The van der Waals surface area contributed by atoms with E-state index in [0.717, 1.165) is 10.2 Å². The Balaban J connectivity index is 2.10. The van der Waals surface area contributed by atoms with Gasteiger partial charge in [0.2, 0.25) is 5.43 Å². The van der Waals surface area contributed by atoms with E-state index in [-0.39, 0.29) is 5.43 Å². The molecule has 4 nitrogen and oxygen atoms in total. The van der Waals surface area contributed by atoms with Crippen LogP contribution >= 0.6 is 11.3 Å². The number of rotatable bonds is 1. The Morgan fingerprint density at radius 1 is 1.10 bits per heavy atom. The van der Waals surface area contributed by atoms with Crippen LogP contribution in [0.4, 0.5) is 0 Å². The molecule has 0 saturated carbocycles. The van der Waals surface area contributed by atoms with Gasteiger partial charge < -0.3 is 4.42 Å². The van der Waals surface area contributed by atoms with Crippen LogP contribution in [0.15, 0.2) is 57.5 Å². The zero-order valence-corrected chi connectivity index (χ0v) is 11.1. The van der Waals surface area contributed by atoms with Crippen molar-refractivity contribution in [1.29, 1.82) is 0 Å². The second kappa shape index (κ2) is 4.25. The van der Waals surface area contributed by atoms with Crippen molar-refractivity contribution in [3.63, 3.8) is 0 Å². The largest absolute Gasteiger partial charge is 0.463 e. The summed E-state index contributed by atoms with van der Waals surface area (Å²) in [5.74, 6) is 0. The molecule has 0 fully saturated rings. The summed E-state index contributed by atoms with van der Waals surface area (Å²) in [7, 11) is 0. The first-order chi connectivity index (χ1) is 9.84. The summed E-state index contributed by atoms with van der Waals surface area (Å²) in [6, 6.07) is 9.11. The molecule has 5 heteroatoms. The summed E-state index contributed by atoms with van der Waals surface area (Å²) in [4.78, 5) is 21.0. The molecule has 0 amide bonds. The lowest BCUT2D eigenvalue weighted by atomic mass is 10.1. The van der Waals surface area contributed by atoms with E-state index >= 15 is 0 Å². The molecule has 1 aromatic carbocycles. The van der Waals surface area contributed by atoms with Crippen molar-refractivity contribution in [3.05, 3.63) is 58.5 Å². The minimum Gasteiger partial charge on any atom is -0.463 e. The van der Waals surface area contributed by atoms with Crippen LogP contribution in [0.5, 0.6) is 0 Å². The van der Waals surface area contributed by atoms with Gasteiger partial charge in [-0.25, -0.2) is 9.97 Å². The Hall–Kier alpha value is -2.53. The number of hydrogen-bond donors (Lipinski definition) is 0. The molecule has 0 radical (unpaired) electrons. The highest BCUT2D eigenvalue weighted by Crippen LogP contribution is 2.28. The quantitative estimate of drug-likeness (QED) is 0.535. The minimum atomic E-state index is -0.0692. The van der Waals surface area contributed by atoms with E-state index in [0.29, 0.717) is 22.2 Å². The Bertz CT molecular complexity index is 988. The second-order valence-corrected chi connectivity index (χ2v) is 5.25. The predicted octanol–water partition coefficient (Wildman–Crippen LogP) is 3.46. The van der Waals surface area contributed by atoms with Gasteiger partial charge in [0.25, 0.3) is 0 Å². The highest BCUT2D eigenvalue weighted by atomic mass is 32.1. The number of aromatic nitrogens is 2. The number of hydrogen-bond acceptors (Lipinski definition) is 5. The molecular formula is C15H8N2O2S. The smallest absolute Gasteiger partial charge is 0.202 e. The van der Waals surface area contributed by atoms with Crippen LogP contribution in [0, 0.1) is 0 Å². The Kier molecular flexibility index (Phi) is 2.40. The molecule has 3 aromatic heterocycles. The van der Waals surface area contributed by atoms with Gasteiger partial charge in [-0.2, -0.15) is 0 Å². The lowest BCUT2D eigenvalue weighted by molar-refractivity contribution is 0.604. The van der Waals surface area contributed by atoms with E-state index in [2.05, 4.69) is 9.97 Å². The highest BCUT2D eigenvalue weighted by molar-refractivity contribution is 7.17. The van der Waals surface area contributed by atoms with Crippen LogP contribution in [0.25, 0.3) is 32.4 Å². The van der Waals surface area contributed by atoms with Crippen molar-refractivity contribution in [1.82, 2.24) is 9.97 Å². The molecule has 0 N–H and O–H groups in total. The first-order valence-corrected chi connectivity index (χ1v) is 6.92. The first-order valence-electron chi connectivity index (χ1n) is 6.04. The molecule has 0 aliphatic carbocycles. The van der Waals surface area contributed by atoms with E-state index in [1.54, 1.807) is 12.1 Å². The number of para-hydroxylation sites is 1. The highest BCUT2D eigenvalue weighted by Gasteiger charge is 2.13. The number of thiophene rings is 1. The maximum Gasteiger partial charge on any atom is 0.202 e. The normalized spacial score (nSPS) is 11.2. The third-order valence-electron chi connectivity index (χ3n) is 3.18. The van der Waals surface area contributed by atoms with E-state index in [1.807, 2.05) is 23.6 Å². The minimum absolute atomic E-state index is 0.0692. The second-order valence-electron chi connectivity index (χ2n) is 4.33. The van der Waals surface area contributed by atoms with Crippen LogP contribution in [-0.4, -0.2) is 9.97 Å². The van der Waals surface area contributed by atoms with E-state index in [9.17, 15) is 4.79 Å². The molecule has 20 heavy (non-hydrogen) atoms. The van der Waals surface area contributed by atoms with Crippen LogP contribution in [0.3, 0.4) is 0 Å². The van der Waals surface area contributed by atoms with Gasteiger partial charge in [0.05, 0.1) is 26.9 Å². The van der Waals surface area contributed by atoms with Gasteiger partial charge >= 0.3 is 0 Å². The van der Waals surface area contributed by atoms with Crippen LogP contribution in [-0.2, 0) is 0 Å². The summed E-state index contributed by atoms with van der Waals surface area (Å²) in [5.41, 5.74) is 2.45. The molecule has 3 heterocycles. The van der Waals surface area contributed by atoms with E-state index < -0.39 is 0 Å². The van der Waals surface area contributed by atoms with Gasteiger partial charge in [0, 0.05) is 0 Å². The third-order valence-corrected chi connectivity index (χ3v) is 4.09. The van der Waals surface area contributed by atoms with Gasteiger partial charge in [-0.3, -0.25) is 4.79 Å². The van der Waals surface area contributed by atoms with E-state index in [4.69, 9.17) is 4.42 Å². The van der Waals surface area contributed by atoms with E-state index in [1.165, 1.54) is 23.9 Å². The Morgan fingerprint density at radius 3 is 2.95 bits per heavy atom. The fourth-order valence-corrected chi connectivity index (χ4v) is 3.07.